The van der Waals surface area contributed by atoms with E-state index in [4.69, 9.17) is 0 Å². The maximum absolute atomic E-state index is 12.6. The first kappa shape index (κ1) is 18.6. The summed E-state index contributed by atoms with van der Waals surface area (Å²) in [5, 5.41) is 2.86. The minimum Gasteiger partial charge on any atom is -0.322 e. The number of benzene rings is 2. The van der Waals surface area contributed by atoms with E-state index < -0.39 is 11.1 Å². The molecule has 3 rings (SSSR count). The van der Waals surface area contributed by atoms with Crippen LogP contribution in [0.3, 0.4) is 0 Å². The van der Waals surface area contributed by atoms with Crippen molar-refractivity contribution in [3.8, 4) is 0 Å². The lowest BCUT2D eigenvalue weighted by molar-refractivity contribution is 0.102. The molecule has 3 aromatic rings. The molecular weight excluding hydrogens is 342 g/mol. The van der Waals surface area contributed by atoms with E-state index in [1.165, 1.54) is 10.1 Å². The second-order valence-corrected chi connectivity index (χ2v) is 7.52. The van der Waals surface area contributed by atoms with Gasteiger partial charge >= 0.3 is 11.1 Å². The number of aryl methyl sites for hydroxylation is 1. The third kappa shape index (κ3) is 3.69. The van der Waals surface area contributed by atoms with E-state index in [0.29, 0.717) is 28.8 Å². The van der Waals surface area contributed by atoms with E-state index in [1.807, 2.05) is 24.3 Å². The van der Waals surface area contributed by atoms with Crippen molar-refractivity contribution in [2.45, 2.75) is 39.7 Å². The molecular formula is C21H23N3O3. The summed E-state index contributed by atoms with van der Waals surface area (Å²) in [7, 11) is 0. The molecule has 0 aliphatic carbocycles. The fraction of sp³-hybridized carbons (Fsp3) is 0.286. The molecule has 0 spiro atoms. The molecule has 0 aliphatic heterocycles. The van der Waals surface area contributed by atoms with Crippen LogP contribution in [-0.2, 0) is 12.0 Å². The summed E-state index contributed by atoms with van der Waals surface area (Å²) in [6.45, 7) is 8.57. The molecule has 2 N–H and O–H groups in total. The topological polar surface area (TPSA) is 84.0 Å². The number of aromatic amines is 1. The van der Waals surface area contributed by atoms with Crippen molar-refractivity contribution in [2.24, 2.45) is 0 Å². The summed E-state index contributed by atoms with van der Waals surface area (Å²) < 4.78 is 1.39. The Morgan fingerprint density at radius 2 is 1.74 bits per heavy atom. The number of amides is 1. The van der Waals surface area contributed by atoms with Crippen molar-refractivity contribution in [2.75, 3.05) is 5.32 Å². The summed E-state index contributed by atoms with van der Waals surface area (Å²) in [4.78, 5) is 38.8. The summed E-state index contributed by atoms with van der Waals surface area (Å²) in [6, 6.07) is 12.6. The van der Waals surface area contributed by atoms with Gasteiger partial charge in [0, 0.05) is 17.8 Å². The summed E-state index contributed by atoms with van der Waals surface area (Å²) in [5.41, 5.74) is 2.08. The van der Waals surface area contributed by atoms with Crippen molar-refractivity contribution >= 4 is 22.6 Å². The fourth-order valence-electron chi connectivity index (χ4n) is 2.99. The lowest BCUT2D eigenvalue weighted by Gasteiger charge is -2.19. The van der Waals surface area contributed by atoms with Crippen molar-refractivity contribution in [1.82, 2.24) is 9.55 Å². The van der Waals surface area contributed by atoms with Crippen LogP contribution in [0.1, 0.15) is 43.6 Å². The highest BCUT2D eigenvalue weighted by atomic mass is 16.2. The average molecular weight is 365 g/mol. The Balaban J connectivity index is 1.91. The number of carbonyl (C=O) groups is 1. The summed E-state index contributed by atoms with van der Waals surface area (Å²) in [6.07, 6.45) is 0. The highest BCUT2D eigenvalue weighted by molar-refractivity contribution is 6.05. The third-order valence-electron chi connectivity index (χ3n) is 4.56. The van der Waals surface area contributed by atoms with Crippen LogP contribution in [0, 0.1) is 0 Å². The number of nitrogens with zero attached hydrogens (tertiary/aromatic N) is 1. The lowest BCUT2D eigenvalue weighted by Crippen LogP contribution is -2.36. The second-order valence-electron chi connectivity index (χ2n) is 7.52. The van der Waals surface area contributed by atoms with Gasteiger partial charge in [-0.3, -0.25) is 14.4 Å². The first-order valence-electron chi connectivity index (χ1n) is 8.89. The Kier molecular flexibility index (Phi) is 4.74. The van der Waals surface area contributed by atoms with Crippen LogP contribution in [0.25, 0.3) is 11.0 Å². The highest BCUT2D eigenvalue weighted by Gasteiger charge is 2.14. The number of aromatic nitrogens is 2. The number of hydrogen-bond donors (Lipinski definition) is 2. The van der Waals surface area contributed by atoms with Gasteiger partial charge in [-0.15, -0.1) is 0 Å². The molecule has 0 fully saturated rings. The molecule has 0 aliphatic rings. The molecule has 0 bridgehead atoms. The molecule has 0 radical (unpaired) electrons. The van der Waals surface area contributed by atoms with Crippen LogP contribution >= 0.6 is 0 Å². The minimum atomic E-state index is -0.695. The summed E-state index contributed by atoms with van der Waals surface area (Å²) >= 11 is 0. The Morgan fingerprint density at radius 3 is 2.33 bits per heavy atom. The van der Waals surface area contributed by atoms with Crippen molar-refractivity contribution in [1.29, 1.82) is 0 Å². The highest BCUT2D eigenvalue weighted by Crippen LogP contribution is 2.23. The molecule has 1 heterocycles. The number of hydrogen-bond acceptors (Lipinski definition) is 3. The predicted molar refractivity (Wildman–Crippen MR) is 108 cm³/mol. The van der Waals surface area contributed by atoms with Crippen molar-refractivity contribution < 1.29 is 4.79 Å². The van der Waals surface area contributed by atoms with Gasteiger partial charge in [0.25, 0.3) is 5.91 Å². The molecule has 0 unspecified atom stereocenters. The molecule has 140 valence electrons. The maximum atomic E-state index is 12.6. The van der Waals surface area contributed by atoms with Gasteiger partial charge in [-0.05, 0) is 48.2 Å². The molecule has 2 aromatic carbocycles. The first-order chi connectivity index (χ1) is 12.7. The lowest BCUT2D eigenvalue weighted by atomic mass is 9.87. The van der Waals surface area contributed by atoms with E-state index in [9.17, 15) is 14.4 Å². The average Bonchev–Trinajstić information content (AvgIpc) is 2.62. The van der Waals surface area contributed by atoms with E-state index in [-0.39, 0.29) is 11.3 Å². The zero-order valence-corrected chi connectivity index (χ0v) is 15.9. The van der Waals surface area contributed by atoms with Crippen LogP contribution in [0.4, 0.5) is 5.69 Å². The van der Waals surface area contributed by atoms with Crippen molar-refractivity contribution in [3.63, 3.8) is 0 Å². The Labute approximate surface area is 156 Å². The Bertz CT molecular complexity index is 1120. The Hall–Kier alpha value is -3.15. The maximum Gasteiger partial charge on any atom is 0.316 e. The Morgan fingerprint density at radius 1 is 1.07 bits per heavy atom. The molecule has 27 heavy (non-hydrogen) atoms. The van der Waals surface area contributed by atoms with Gasteiger partial charge in [0.1, 0.15) is 0 Å². The van der Waals surface area contributed by atoms with Gasteiger partial charge in [0.05, 0.1) is 11.0 Å². The molecule has 1 amide bonds. The van der Waals surface area contributed by atoms with Crippen molar-refractivity contribution in [3.05, 3.63) is 74.3 Å². The molecule has 6 nitrogen and oxygen atoms in total. The van der Waals surface area contributed by atoms with E-state index in [1.54, 1.807) is 25.1 Å². The minimum absolute atomic E-state index is 0.0435. The monoisotopic (exact) mass is 365 g/mol. The third-order valence-corrected chi connectivity index (χ3v) is 4.56. The van der Waals surface area contributed by atoms with E-state index >= 15 is 0 Å². The van der Waals surface area contributed by atoms with Crippen LogP contribution in [-0.4, -0.2) is 15.5 Å². The second kappa shape index (κ2) is 6.87. The number of nitrogens with one attached hydrogen (secondary N) is 2. The summed E-state index contributed by atoms with van der Waals surface area (Å²) in [5.74, 6) is -0.282. The quantitative estimate of drug-likeness (QED) is 0.699. The number of anilines is 1. The first-order valence-corrected chi connectivity index (χ1v) is 8.89. The molecule has 0 saturated carbocycles. The smallest absolute Gasteiger partial charge is 0.316 e. The van der Waals surface area contributed by atoms with Gasteiger partial charge in [0.15, 0.2) is 0 Å². The SMILES string of the molecule is CCn1c(=O)c(=O)[nH]c2cc(C(=O)Nc3ccc(C(C)(C)C)cc3)ccc21. The number of rotatable bonds is 3. The number of fused-ring (bicyclic) bond motifs is 1. The van der Waals surface area contributed by atoms with Gasteiger partial charge in [0.2, 0.25) is 0 Å². The zero-order valence-electron chi connectivity index (χ0n) is 15.9. The van der Waals surface area contributed by atoms with Crippen LogP contribution in [0.2, 0.25) is 0 Å². The number of carbonyl (C=O) groups excluding carboxylic acids is 1. The van der Waals surface area contributed by atoms with Gasteiger partial charge in [-0.2, -0.15) is 0 Å². The fourth-order valence-corrected chi connectivity index (χ4v) is 2.99. The molecule has 6 heteroatoms. The van der Waals surface area contributed by atoms with Crippen LogP contribution in [0.5, 0.6) is 0 Å². The van der Waals surface area contributed by atoms with Crippen LogP contribution in [0.15, 0.2) is 52.1 Å². The van der Waals surface area contributed by atoms with E-state index in [0.717, 1.165) is 0 Å². The van der Waals surface area contributed by atoms with Gasteiger partial charge in [-0.25, -0.2) is 0 Å². The predicted octanol–water partition coefficient (Wildman–Crippen LogP) is 3.26. The van der Waals surface area contributed by atoms with E-state index in [2.05, 4.69) is 31.1 Å². The molecule has 0 saturated heterocycles. The number of H-pyrrole nitrogens is 1. The van der Waals surface area contributed by atoms with Gasteiger partial charge < -0.3 is 14.9 Å². The largest absolute Gasteiger partial charge is 0.322 e. The van der Waals surface area contributed by atoms with Gasteiger partial charge in [-0.1, -0.05) is 32.9 Å². The standard InChI is InChI=1S/C21H23N3O3/c1-5-24-17-11-6-13(12-16(17)23-19(26)20(24)27)18(25)22-15-9-7-14(8-10-15)21(2,3)4/h6-12H,5H2,1-4H3,(H,22,25)(H,23,26). The normalized spacial score (nSPS) is 11.6. The van der Waals surface area contributed by atoms with Crippen LogP contribution < -0.4 is 16.4 Å². The molecule has 0 atom stereocenters. The zero-order chi connectivity index (χ0) is 19.8. The molecule has 1 aromatic heterocycles.